The summed E-state index contributed by atoms with van der Waals surface area (Å²) in [6.07, 6.45) is 7.60. The van der Waals surface area contributed by atoms with Crippen LogP contribution in [0, 0.1) is 0 Å². The summed E-state index contributed by atoms with van der Waals surface area (Å²) in [5, 5.41) is 9.79. The summed E-state index contributed by atoms with van der Waals surface area (Å²) in [4.78, 5) is 0. The minimum absolute atomic E-state index is 0.207. The SMILES string of the molecule is CCCCn1ccc2c1CCCC2O. The van der Waals surface area contributed by atoms with Gasteiger partial charge in [0.05, 0.1) is 6.10 Å². The summed E-state index contributed by atoms with van der Waals surface area (Å²) in [5.41, 5.74) is 2.55. The fourth-order valence-corrected chi connectivity index (χ4v) is 2.27. The number of nitrogens with zero attached hydrogens (tertiary/aromatic N) is 1. The van der Waals surface area contributed by atoms with Crippen LogP contribution in [0.1, 0.15) is 50.0 Å². The summed E-state index contributed by atoms with van der Waals surface area (Å²) in [6, 6.07) is 2.09. The maximum absolute atomic E-state index is 9.79. The molecule has 2 heteroatoms. The van der Waals surface area contributed by atoms with Gasteiger partial charge in [0.15, 0.2) is 0 Å². The second-order valence-electron chi connectivity index (χ2n) is 4.17. The van der Waals surface area contributed by atoms with Crippen LogP contribution in [0.15, 0.2) is 12.3 Å². The molecular formula is C12H19NO. The van der Waals surface area contributed by atoms with Crippen molar-refractivity contribution in [2.45, 2.75) is 51.7 Å². The Balaban J connectivity index is 2.18. The third-order valence-electron chi connectivity index (χ3n) is 3.12. The zero-order valence-electron chi connectivity index (χ0n) is 8.87. The number of rotatable bonds is 3. The first-order valence-electron chi connectivity index (χ1n) is 5.69. The number of aliphatic hydroxyl groups excluding tert-OH is 1. The van der Waals surface area contributed by atoms with Crippen LogP contribution in [0.2, 0.25) is 0 Å². The highest BCUT2D eigenvalue weighted by molar-refractivity contribution is 5.27. The molecule has 14 heavy (non-hydrogen) atoms. The average molecular weight is 193 g/mol. The maximum Gasteiger partial charge on any atom is 0.0807 e. The standard InChI is InChI=1S/C12H19NO/c1-2-3-8-13-9-7-10-11(13)5-4-6-12(10)14/h7,9,12,14H,2-6,8H2,1H3. The van der Waals surface area contributed by atoms with Crippen LogP contribution in [0.3, 0.4) is 0 Å². The summed E-state index contributed by atoms with van der Waals surface area (Å²) in [5.74, 6) is 0. The van der Waals surface area contributed by atoms with E-state index in [1.165, 1.54) is 24.1 Å². The fraction of sp³-hybridized carbons (Fsp3) is 0.667. The normalized spacial score (nSPS) is 20.9. The van der Waals surface area contributed by atoms with Gasteiger partial charge >= 0.3 is 0 Å². The summed E-state index contributed by atoms with van der Waals surface area (Å²) >= 11 is 0. The Bertz CT molecular complexity index is 303. The minimum atomic E-state index is -0.207. The van der Waals surface area contributed by atoms with Gasteiger partial charge in [-0.2, -0.15) is 0 Å². The lowest BCUT2D eigenvalue weighted by molar-refractivity contribution is 0.155. The number of fused-ring (bicyclic) bond motifs is 1. The lowest BCUT2D eigenvalue weighted by Gasteiger charge is -2.20. The van der Waals surface area contributed by atoms with Gasteiger partial charge in [0.2, 0.25) is 0 Å². The van der Waals surface area contributed by atoms with E-state index in [4.69, 9.17) is 0 Å². The molecule has 0 saturated heterocycles. The zero-order chi connectivity index (χ0) is 9.97. The number of aliphatic hydroxyl groups is 1. The van der Waals surface area contributed by atoms with E-state index in [2.05, 4.69) is 23.8 Å². The summed E-state index contributed by atoms with van der Waals surface area (Å²) in [7, 11) is 0. The maximum atomic E-state index is 9.79. The zero-order valence-corrected chi connectivity index (χ0v) is 8.87. The van der Waals surface area contributed by atoms with Crippen LogP contribution in [-0.4, -0.2) is 9.67 Å². The second-order valence-corrected chi connectivity index (χ2v) is 4.17. The molecule has 1 aromatic heterocycles. The van der Waals surface area contributed by atoms with Crippen molar-refractivity contribution in [1.29, 1.82) is 0 Å². The molecule has 1 aromatic rings. The lowest BCUT2D eigenvalue weighted by Crippen LogP contribution is -2.11. The minimum Gasteiger partial charge on any atom is -0.388 e. The molecule has 78 valence electrons. The average Bonchev–Trinajstić information content (AvgIpc) is 2.60. The predicted octanol–water partition coefficient (Wildman–Crippen LogP) is 2.66. The Labute approximate surface area is 85.6 Å². The largest absolute Gasteiger partial charge is 0.388 e. The van der Waals surface area contributed by atoms with Crippen molar-refractivity contribution >= 4 is 0 Å². The Hall–Kier alpha value is -0.760. The Kier molecular flexibility index (Phi) is 2.92. The number of aromatic nitrogens is 1. The smallest absolute Gasteiger partial charge is 0.0807 e. The van der Waals surface area contributed by atoms with Gasteiger partial charge in [-0.15, -0.1) is 0 Å². The molecule has 1 N–H and O–H groups in total. The van der Waals surface area contributed by atoms with Gasteiger partial charge in [-0.3, -0.25) is 0 Å². The molecule has 0 spiro atoms. The highest BCUT2D eigenvalue weighted by Gasteiger charge is 2.20. The van der Waals surface area contributed by atoms with Crippen molar-refractivity contribution in [3.63, 3.8) is 0 Å². The van der Waals surface area contributed by atoms with Gasteiger partial charge in [-0.05, 0) is 31.7 Å². The second kappa shape index (κ2) is 4.18. The third kappa shape index (κ3) is 1.71. The van der Waals surface area contributed by atoms with Crippen molar-refractivity contribution in [3.05, 3.63) is 23.5 Å². The topological polar surface area (TPSA) is 25.2 Å². The van der Waals surface area contributed by atoms with E-state index in [1.54, 1.807) is 0 Å². The number of hydrogen-bond donors (Lipinski definition) is 1. The van der Waals surface area contributed by atoms with E-state index < -0.39 is 0 Å². The molecular weight excluding hydrogens is 174 g/mol. The molecule has 1 heterocycles. The molecule has 1 atom stereocenters. The lowest BCUT2D eigenvalue weighted by atomic mass is 9.95. The molecule has 0 aromatic carbocycles. The Morgan fingerprint density at radius 2 is 2.43 bits per heavy atom. The van der Waals surface area contributed by atoms with E-state index in [1.807, 2.05) is 0 Å². The van der Waals surface area contributed by atoms with Crippen molar-refractivity contribution in [1.82, 2.24) is 4.57 Å². The van der Waals surface area contributed by atoms with Crippen LogP contribution >= 0.6 is 0 Å². The van der Waals surface area contributed by atoms with Crippen molar-refractivity contribution in [2.24, 2.45) is 0 Å². The highest BCUT2D eigenvalue weighted by atomic mass is 16.3. The Morgan fingerprint density at radius 3 is 3.21 bits per heavy atom. The summed E-state index contributed by atoms with van der Waals surface area (Å²) in [6.45, 7) is 3.32. The number of unbranched alkanes of at least 4 members (excludes halogenated alkanes) is 1. The van der Waals surface area contributed by atoms with Crippen LogP contribution in [0.25, 0.3) is 0 Å². The first-order valence-corrected chi connectivity index (χ1v) is 5.69. The molecule has 1 aliphatic rings. The fourth-order valence-electron chi connectivity index (χ4n) is 2.27. The van der Waals surface area contributed by atoms with Crippen LogP contribution in [-0.2, 0) is 13.0 Å². The molecule has 0 saturated carbocycles. The van der Waals surface area contributed by atoms with Gasteiger partial charge in [-0.1, -0.05) is 13.3 Å². The van der Waals surface area contributed by atoms with Gasteiger partial charge < -0.3 is 9.67 Å². The van der Waals surface area contributed by atoms with Gasteiger partial charge in [0.25, 0.3) is 0 Å². The summed E-state index contributed by atoms with van der Waals surface area (Å²) < 4.78 is 2.32. The van der Waals surface area contributed by atoms with Crippen LogP contribution in [0.5, 0.6) is 0 Å². The molecule has 0 fully saturated rings. The van der Waals surface area contributed by atoms with Crippen molar-refractivity contribution in [3.8, 4) is 0 Å². The van der Waals surface area contributed by atoms with Crippen LogP contribution < -0.4 is 0 Å². The van der Waals surface area contributed by atoms with Crippen molar-refractivity contribution in [2.75, 3.05) is 0 Å². The molecule has 0 aliphatic heterocycles. The van der Waals surface area contributed by atoms with Crippen molar-refractivity contribution < 1.29 is 5.11 Å². The molecule has 2 rings (SSSR count). The molecule has 0 amide bonds. The van der Waals surface area contributed by atoms with Gasteiger partial charge in [-0.25, -0.2) is 0 Å². The predicted molar refractivity (Wildman–Crippen MR) is 57.2 cm³/mol. The molecule has 1 aliphatic carbocycles. The molecule has 1 unspecified atom stereocenters. The molecule has 2 nitrogen and oxygen atoms in total. The molecule has 0 bridgehead atoms. The monoisotopic (exact) mass is 193 g/mol. The van der Waals surface area contributed by atoms with Gasteiger partial charge in [0, 0.05) is 24.0 Å². The molecule has 0 radical (unpaired) electrons. The van der Waals surface area contributed by atoms with E-state index in [9.17, 15) is 5.11 Å². The van der Waals surface area contributed by atoms with E-state index in [0.717, 1.165) is 25.8 Å². The number of aryl methyl sites for hydroxylation is 1. The van der Waals surface area contributed by atoms with Gasteiger partial charge in [0.1, 0.15) is 0 Å². The Morgan fingerprint density at radius 1 is 1.57 bits per heavy atom. The first-order chi connectivity index (χ1) is 6.83. The number of hydrogen-bond acceptors (Lipinski definition) is 1. The first kappa shape index (κ1) is 9.78. The highest BCUT2D eigenvalue weighted by Crippen LogP contribution is 2.30. The van der Waals surface area contributed by atoms with E-state index >= 15 is 0 Å². The van der Waals surface area contributed by atoms with E-state index in [0.29, 0.717) is 0 Å². The van der Waals surface area contributed by atoms with E-state index in [-0.39, 0.29) is 6.10 Å². The quantitative estimate of drug-likeness (QED) is 0.784. The van der Waals surface area contributed by atoms with Crippen LogP contribution in [0.4, 0.5) is 0 Å². The third-order valence-corrected chi connectivity index (χ3v) is 3.12.